The Hall–Kier alpha value is -1.63. The summed E-state index contributed by atoms with van der Waals surface area (Å²) >= 11 is 3.07. The fraction of sp³-hybridized carbons (Fsp3) is 0.467. The molecule has 22 heavy (non-hydrogen) atoms. The van der Waals surface area contributed by atoms with E-state index in [4.69, 9.17) is 9.84 Å². The molecular formula is C15H19BrFNO4. The van der Waals surface area contributed by atoms with Gasteiger partial charge in [-0.2, -0.15) is 0 Å². The molecule has 1 unspecified atom stereocenters. The molecule has 0 saturated heterocycles. The Labute approximate surface area is 137 Å². The van der Waals surface area contributed by atoms with Crippen LogP contribution in [0.5, 0.6) is 0 Å². The summed E-state index contributed by atoms with van der Waals surface area (Å²) in [6.45, 7) is 5.15. The Morgan fingerprint density at radius 2 is 2.05 bits per heavy atom. The van der Waals surface area contributed by atoms with Crippen LogP contribution in [0.4, 0.5) is 9.18 Å². The van der Waals surface area contributed by atoms with Crippen LogP contribution in [0.1, 0.15) is 32.8 Å². The average Bonchev–Trinajstić information content (AvgIpc) is 2.30. The monoisotopic (exact) mass is 375 g/mol. The number of halogens is 2. The number of carbonyl (C=O) groups excluding carboxylic acids is 1. The molecule has 5 nitrogen and oxygen atoms in total. The number of alkyl carbamates (subject to hydrolysis) is 1. The summed E-state index contributed by atoms with van der Waals surface area (Å²) in [5, 5.41) is 11.5. The lowest BCUT2D eigenvalue weighted by Gasteiger charge is -2.23. The molecule has 0 aromatic heterocycles. The first-order valence-corrected chi connectivity index (χ1v) is 7.51. The van der Waals surface area contributed by atoms with Gasteiger partial charge in [-0.25, -0.2) is 9.18 Å². The average molecular weight is 376 g/mol. The van der Waals surface area contributed by atoms with E-state index in [1.807, 2.05) is 0 Å². The number of benzene rings is 1. The second-order valence-electron chi connectivity index (χ2n) is 5.89. The van der Waals surface area contributed by atoms with Crippen LogP contribution >= 0.6 is 15.9 Å². The molecule has 0 saturated carbocycles. The van der Waals surface area contributed by atoms with E-state index in [9.17, 15) is 14.0 Å². The number of aliphatic carboxylic acids is 1. The predicted octanol–water partition coefficient (Wildman–Crippen LogP) is 3.50. The number of carboxylic acids is 1. The third-order valence-electron chi connectivity index (χ3n) is 2.61. The summed E-state index contributed by atoms with van der Waals surface area (Å²) in [6, 6.07) is 3.74. The van der Waals surface area contributed by atoms with Crippen molar-refractivity contribution >= 4 is 28.0 Å². The molecular weight excluding hydrogens is 357 g/mol. The second kappa shape index (κ2) is 7.58. The number of hydrogen-bond acceptors (Lipinski definition) is 3. The molecule has 7 heteroatoms. The number of hydrogen-bond donors (Lipinski definition) is 2. The van der Waals surface area contributed by atoms with Crippen molar-refractivity contribution in [2.45, 2.75) is 45.3 Å². The molecule has 0 bridgehead atoms. The lowest BCUT2D eigenvalue weighted by Crippen LogP contribution is -2.41. The predicted molar refractivity (Wildman–Crippen MR) is 83.2 cm³/mol. The molecule has 122 valence electrons. The van der Waals surface area contributed by atoms with Gasteiger partial charge in [0.1, 0.15) is 11.4 Å². The first kappa shape index (κ1) is 18.4. The lowest BCUT2D eigenvalue weighted by atomic mass is 10.0. The number of carboxylic acid groups (broad SMARTS) is 1. The van der Waals surface area contributed by atoms with Gasteiger partial charge in [-0.1, -0.05) is 6.07 Å². The van der Waals surface area contributed by atoms with Crippen molar-refractivity contribution < 1.29 is 23.8 Å². The molecule has 1 aromatic carbocycles. The van der Waals surface area contributed by atoms with Crippen molar-refractivity contribution in [2.75, 3.05) is 0 Å². The van der Waals surface area contributed by atoms with Crippen LogP contribution in [0.15, 0.2) is 22.7 Å². The normalized spacial score (nSPS) is 12.6. The van der Waals surface area contributed by atoms with E-state index in [-0.39, 0.29) is 17.3 Å². The highest BCUT2D eigenvalue weighted by molar-refractivity contribution is 9.10. The van der Waals surface area contributed by atoms with Crippen molar-refractivity contribution in [1.29, 1.82) is 0 Å². The van der Waals surface area contributed by atoms with Crippen LogP contribution < -0.4 is 5.32 Å². The molecule has 0 aliphatic rings. The van der Waals surface area contributed by atoms with Crippen LogP contribution in [-0.2, 0) is 16.0 Å². The molecule has 1 aromatic rings. The molecule has 0 spiro atoms. The minimum Gasteiger partial charge on any atom is -0.481 e. The van der Waals surface area contributed by atoms with E-state index in [0.717, 1.165) is 0 Å². The van der Waals surface area contributed by atoms with Crippen LogP contribution in [0.25, 0.3) is 0 Å². The van der Waals surface area contributed by atoms with Gasteiger partial charge in [-0.3, -0.25) is 4.79 Å². The summed E-state index contributed by atoms with van der Waals surface area (Å²) in [4.78, 5) is 22.7. The minimum absolute atomic E-state index is 0.254. The maximum Gasteiger partial charge on any atom is 0.407 e. The zero-order valence-electron chi connectivity index (χ0n) is 12.7. The van der Waals surface area contributed by atoms with Gasteiger partial charge >= 0.3 is 12.1 Å². The fourth-order valence-corrected chi connectivity index (χ4v) is 2.24. The van der Waals surface area contributed by atoms with Crippen LogP contribution in [0, 0.1) is 5.82 Å². The van der Waals surface area contributed by atoms with Gasteiger partial charge in [-0.15, -0.1) is 0 Å². The highest BCUT2D eigenvalue weighted by Crippen LogP contribution is 2.18. The third kappa shape index (κ3) is 6.89. The largest absolute Gasteiger partial charge is 0.481 e. The Bertz CT molecular complexity index is 557. The molecule has 2 N–H and O–H groups in total. The summed E-state index contributed by atoms with van der Waals surface area (Å²) in [6.07, 6.45) is -0.682. The maximum absolute atomic E-state index is 13.2. The van der Waals surface area contributed by atoms with E-state index in [1.165, 1.54) is 6.07 Å². The number of rotatable bonds is 5. The van der Waals surface area contributed by atoms with Gasteiger partial charge in [-0.05, 0) is 60.8 Å². The van der Waals surface area contributed by atoms with Crippen LogP contribution in [0.2, 0.25) is 0 Å². The van der Waals surface area contributed by atoms with E-state index < -0.39 is 29.5 Å². The second-order valence-corrected chi connectivity index (χ2v) is 6.75. The standard InChI is InChI=1S/C15H19BrFNO4/c1-15(2,3)22-14(21)18-10(8-13(19)20)6-9-4-5-12(17)11(16)7-9/h4-5,7,10H,6,8H2,1-3H3,(H,18,21)(H,19,20). The first-order valence-electron chi connectivity index (χ1n) is 6.72. The maximum atomic E-state index is 13.2. The summed E-state index contributed by atoms with van der Waals surface area (Å²) < 4.78 is 18.6. The zero-order valence-corrected chi connectivity index (χ0v) is 14.2. The van der Waals surface area contributed by atoms with Crippen LogP contribution in [0.3, 0.4) is 0 Å². The van der Waals surface area contributed by atoms with Gasteiger partial charge in [0, 0.05) is 6.04 Å². The van der Waals surface area contributed by atoms with Crippen molar-refractivity contribution in [1.82, 2.24) is 5.32 Å². The Morgan fingerprint density at radius 3 is 2.55 bits per heavy atom. The Morgan fingerprint density at radius 1 is 1.41 bits per heavy atom. The zero-order chi connectivity index (χ0) is 16.9. The van der Waals surface area contributed by atoms with Gasteiger partial charge in [0.05, 0.1) is 10.9 Å². The minimum atomic E-state index is -1.04. The van der Waals surface area contributed by atoms with E-state index in [0.29, 0.717) is 5.56 Å². The molecule has 0 radical (unpaired) electrons. The van der Waals surface area contributed by atoms with E-state index >= 15 is 0 Å². The van der Waals surface area contributed by atoms with Crippen molar-refractivity contribution in [3.8, 4) is 0 Å². The van der Waals surface area contributed by atoms with Crippen LogP contribution in [-0.4, -0.2) is 28.8 Å². The molecule has 0 aliphatic heterocycles. The number of ether oxygens (including phenoxy) is 1. The van der Waals surface area contributed by atoms with Gasteiger partial charge in [0.15, 0.2) is 0 Å². The number of carbonyl (C=O) groups is 2. The van der Waals surface area contributed by atoms with E-state index in [1.54, 1.807) is 32.9 Å². The van der Waals surface area contributed by atoms with Crippen molar-refractivity contribution in [3.63, 3.8) is 0 Å². The summed E-state index contributed by atoms with van der Waals surface area (Å²) in [5.41, 5.74) is 0.0344. The van der Waals surface area contributed by atoms with Gasteiger partial charge < -0.3 is 15.2 Å². The lowest BCUT2D eigenvalue weighted by molar-refractivity contribution is -0.137. The highest BCUT2D eigenvalue weighted by Gasteiger charge is 2.21. The quantitative estimate of drug-likeness (QED) is 0.825. The third-order valence-corrected chi connectivity index (χ3v) is 3.22. The number of amides is 1. The topological polar surface area (TPSA) is 75.6 Å². The van der Waals surface area contributed by atoms with Crippen molar-refractivity contribution in [2.24, 2.45) is 0 Å². The van der Waals surface area contributed by atoms with Gasteiger partial charge in [0.2, 0.25) is 0 Å². The fourth-order valence-electron chi connectivity index (χ4n) is 1.81. The summed E-state index contributed by atoms with van der Waals surface area (Å²) in [7, 11) is 0. The number of nitrogens with one attached hydrogen (secondary N) is 1. The Kier molecular flexibility index (Phi) is 6.34. The SMILES string of the molecule is CC(C)(C)OC(=O)NC(CC(=O)O)Cc1ccc(F)c(Br)c1. The first-order chi connectivity index (χ1) is 10.1. The summed E-state index contributed by atoms with van der Waals surface area (Å²) in [5.74, 6) is -1.44. The Balaban J connectivity index is 2.77. The molecule has 1 atom stereocenters. The molecule has 0 fully saturated rings. The molecule has 1 rings (SSSR count). The van der Waals surface area contributed by atoms with Crippen molar-refractivity contribution in [3.05, 3.63) is 34.1 Å². The van der Waals surface area contributed by atoms with Gasteiger partial charge in [0.25, 0.3) is 0 Å². The smallest absolute Gasteiger partial charge is 0.407 e. The molecule has 0 aliphatic carbocycles. The molecule has 1 amide bonds. The molecule has 0 heterocycles. The highest BCUT2D eigenvalue weighted by atomic mass is 79.9. The van der Waals surface area contributed by atoms with E-state index in [2.05, 4.69) is 21.2 Å².